The highest BCUT2D eigenvalue weighted by molar-refractivity contribution is 5.94. The largest absolute Gasteiger partial charge is 0.352 e. The predicted octanol–water partition coefficient (Wildman–Crippen LogP) is 2.16. The number of hydrazone groups is 1. The smallest absolute Gasteiger partial charge is 0.270 e. The van der Waals surface area contributed by atoms with Crippen LogP contribution in [0.3, 0.4) is 0 Å². The number of carbonyl (C=O) groups excluding carboxylic acids is 2. The number of nitro groups is 2. The summed E-state index contributed by atoms with van der Waals surface area (Å²) < 4.78 is 0. The summed E-state index contributed by atoms with van der Waals surface area (Å²) in [7, 11) is 0. The van der Waals surface area contributed by atoms with Crippen LogP contribution in [0.25, 0.3) is 0 Å². The summed E-state index contributed by atoms with van der Waals surface area (Å²) in [4.78, 5) is 43.8. The van der Waals surface area contributed by atoms with E-state index in [9.17, 15) is 29.8 Å². The summed E-state index contributed by atoms with van der Waals surface area (Å²) in [6.45, 7) is 0.234. The monoisotopic (exact) mass is 399 g/mol. The molecule has 0 aliphatic rings. The lowest BCUT2D eigenvalue weighted by Crippen LogP contribution is -2.26. The average molecular weight is 399 g/mol. The van der Waals surface area contributed by atoms with Gasteiger partial charge in [0.05, 0.1) is 16.1 Å². The first-order valence-electron chi connectivity index (χ1n) is 8.46. The van der Waals surface area contributed by atoms with Gasteiger partial charge in [0.25, 0.3) is 17.3 Å². The number of carbonyl (C=O) groups is 2. The maximum atomic E-state index is 11.9. The summed E-state index contributed by atoms with van der Waals surface area (Å²) in [5, 5.41) is 27.6. The van der Waals surface area contributed by atoms with Crippen molar-refractivity contribution in [1.82, 2.24) is 10.7 Å². The number of nitrogens with one attached hydrogen (secondary N) is 2. The molecule has 0 bridgehead atoms. The van der Waals surface area contributed by atoms with Crippen LogP contribution in [0.15, 0.2) is 53.6 Å². The van der Waals surface area contributed by atoms with Gasteiger partial charge in [-0.25, -0.2) is 5.43 Å². The normalized spacial score (nSPS) is 10.5. The molecule has 0 aliphatic carbocycles. The van der Waals surface area contributed by atoms with Gasteiger partial charge in [0.2, 0.25) is 5.91 Å². The molecule has 0 saturated heterocycles. The Balaban J connectivity index is 1.70. The standard InChI is InChI=1S/C18H17N5O6/c24-17(21-20-12-13-3-1-4-16(11-13)23(28)29)5-2-10-19-18(25)14-6-8-15(9-7-14)22(26)27/h1,3-4,6-9,11-12H,2,5,10H2,(H,19,25)(H,21,24)/b20-12+. The lowest BCUT2D eigenvalue weighted by Gasteiger charge is -2.05. The van der Waals surface area contributed by atoms with Crippen molar-refractivity contribution in [2.24, 2.45) is 5.10 Å². The number of amides is 2. The number of benzene rings is 2. The molecule has 0 saturated carbocycles. The van der Waals surface area contributed by atoms with Crippen LogP contribution in [0.4, 0.5) is 11.4 Å². The minimum atomic E-state index is -0.554. The molecule has 11 nitrogen and oxygen atoms in total. The SMILES string of the molecule is O=C(CCCNC(=O)c1ccc([N+](=O)[O-])cc1)N/N=C/c1cccc([N+](=O)[O-])c1. The number of rotatable bonds is 9. The van der Waals surface area contributed by atoms with Crippen molar-refractivity contribution in [3.8, 4) is 0 Å². The fraction of sp³-hybridized carbons (Fsp3) is 0.167. The molecule has 2 aromatic rings. The number of hydrogen-bond donors (Lipinski definition) is 2. The Kier molecular flexibility index (Phi) is 7.48. The minimum absolute atomic E-state index is 0.0796. The Bertz CT molecular complexity index is 942. The molecule has 2 aromatic carbocycles. The lowest BCUT2D eigenvalue weighted by atomic mass is 10.2. The van der Waals surface area contributed by atoms with Gasteiger partial charge in [-0.15, -0.1) is 0 Å². The van der Waals surface area contributed by atoms with E-state index in [1.165, 1.54) is 48.7 Å². The molecule has 0 heterocycles. The van der Waals surface area contributed by atoms with E-state index < -0.39 is 15.8 Å². The summed E-state index contributed by atoms with van der Waals surface area (Å²) in [6.07, 6.45) is 1.75. The van der Waals surface area contributed by atoms with Crippen LogP contribution in [0.1, 0.15) is 28.8 Å². The van der Waals surface area contributed by atoms with Gasteiger partial charge in [0.15, 0.2) is 0 Å². The topological polar surface area (TPSA) is 157 Å². The van der Waals surface area contributed by atoms with Crippen molar-refractivity contribution < 1.29 is 19.4 Å². The third-order valence-electron chi connectivity index (χ3n) is 3.69. The predicted molar refractivity (Wildman–Crippen MR) is 103 cm³/mol. The van der Waals surface area contributed by atoms with Crippen molar-refractivity contribution >= 4 is 29.4 Å². The van der Waals surface area contributed by atoms with Crippen molar-refractivity contribution in [2.45, 2.75) is 12.8 Å². The third kappa shape index (κ3) is 6.82. The van der Waals surface area contributed by atoms with Gasteiger partial charge < -0.3 is 5.32 Å². The highest BCUT2D eigenvalue weighted by Crippen LogP contribution is 2.12. The van der Waals surface area contributed by atoms with E-state index in [1.54, 1.807) is 6.07 Å². The Morgan fingerprint density at radius 3 is 2.34 bits per heavy atom. The van der Waals surface area contributed by atoms with Gasteiger partial charge in [-0.05, 0) is 18.6 Å². The van der Waals surface area contributed by atoms with Crippen LogP contribution < -0.4 is 10.7 Å². The molecule has 2 N–H and O–H groups in total. The van der Waals surface area contributed by atoms with Crippen LogP contribution in [-0.2, 0) is 4.79 Å². The first-order chi connectivity index (χ1) is 13.9. The molecule has 0 unspecified atom stereocenters. The van der Waals surface area contributed by atoms with Crippen molar-refractivity contribution in [3.05, 3.63) is 79.9 Å². The highest BCUT2D eigenvalue weighted by atomic mass is 16.6. The molecular weight excluding hydrogens is 382 g/mol. The Labute approximate surface area is 164 Å². The molecule has 0 aromatic heterocycles. The van der Waals surface area contributed by atoms with Crippen LogP contribution >= 0.6 is 0 Å². The summed E-state index contributed by atoms with van der Waals surface area (Å²) in [6, 6.07) is 11.0. The third-order valence-corrected chi connectivity index (χ3v) is 3.69. The zero-order valence-corrected chi connectivity index (χ0v) is 15.1. The second kappa shape index (κ2) is 10.3. The maximum absolute atomic E-state index is 11.9. The van der Waals surface area contributed by atoms with E-state index >= 15 is 0 Å². The molecule has 0 radical (unpaired) electrons. The van der Waals surface area contributed by atoms with E-state index in [0.717, 1.165) is 0 Å². The highest BCUT2D eigenvalue weighted by Gasteiger charge is 2.09. The Morgan fingerprint density at radius 1 is 1.00 bits per heavy atom. The molecule has 150 valence electrons. The van der Waals surface area contributed by atoms with Gasteiger partial charge in [-0.3, -0.25) is 29.8 Å². The minimum Gasteiger partial charge on any atom is -0.352 e. The second-order valence-electron chi connectivity index (χ2n) is 5.81. The molecule has 2 amide bonds. The average Bonchev–Trinajstić information content (AvgIpc) is 2.71. The molecule has 0 atom stereocenters. The van der Waals surface area contributed by atoms with Gasteiger partial charge in [0.1, 0.15) is 0 Å². The maximum Gasteiger partial charge on any atom is 0.270 e. The van der Waals surface area contributed by atoms with E-state index in [1.807, 2.05) is 0 Å². The fourth-order valence-corrected chi connectivity index (χ4v) is 2.24. The molecule has 0 aliphatic heterocycles. The van der Waals surface area contributed by atoms with Crippen molar-refractivity contribution in [2.75, 3.05) is 6.54 Å². The molecular formula is C18H17N5O6. The van der Waals surface area contributed by atoms with Crippen LogP contribution in [0.2, 0.25) is 0 Å². The molecule has 0 spiro atoms. The summed E-state index contributed by atoms with van der Waals surface area (Å²) in [5.41, 5.74) is 2.86. The van der Waals surface area contributed by atoms with Crippen LogP contribution in [0.5, 0.6) is 0 Å². The first-order valence-corrected chi connectivity index (χ1v) is 8.46. The fourth-order valence-electron chi connectivity index (χ4n) is 2.24. The number of non-ortho nitro benzene ring substituents is 2. The Morgan fingerprint density at radius 2 is 1.69 bits per heavy atom. The zero-order valence-electron chi connectivity index (χ0n) is 15.1. The van der Waals surface area contributed by atoms with Gasteiger partial charge >= 0.3 is 0 Å². The van der Waals surface area contributed by atoms with Crippen molar-refractivity contribution in [3.63, 3.8) is 0 Å². The second-order valence-corrected chi connectivity index (χ2v) is 5.81. The molecule has 2 rings (SSSR count). The zero-order chi connectivity index (χ0) is 21.2. The number of nitro benzene ring substituents is 2. The molecule has 29 heavy (non-hydrogen) atoms. The van der Waals surface area contributed by atoms with Crippen LogP contribution in [0, 0.1) is 20.2 Å². The van der Waals surface area contributed by atoms with Gasteiger partial charge in [-0.1, -0.05) is 12.1 Å². The van der Waals surface area contributed by atoms with Gasteiger partial charge in [0, 0.05) is 48.4 Å². The number of hydrogen-bond acceptors (Lipinski definition) is 7. The van der Waals surface area contributed by atoms with E-state index in [2.05, 4.69) is 15.8 Å². The number of nitrogens with zero attached hydrogens (tertiary/aromatic N) is 3. The van der Waals surface area contributed by atoms with E-state index in [0.29, 0.717) is 12.0 Å². The quantitative estimate of drug-likeness (QED) is 0.285. The molecule has 0 fully saturated rings. The summed E-state index contributed by atoms with van der Waals surface area (Å²) >= 11 is 0. The summed E-state index contributed by atoms with van der Waals surface area (Å²) in [5.74, 6) is -0.778. The van der Waals surface area contributed by atoms with Crippen LogP contribution in [-0.4, -0.2) is 34.4 Å². The van der Waals surface area contributed by atoms with E-state index in [-0.39, 0.29) is 35.8 Å². The van der Waals surface area contributed by atoms with Gasteiger partial charge in [-0.2, -0.15) is 5.10 Å². The molecule has 11 heteroatoms. The van der Waals surface area contributed by atoms with E-state index in [4.69, 9.17) is 0 Å². The first kappa shape index (κ1) is 21.2. The van der Waals surface area contributed by atoms with Crippen molar-refractivity contribution in [1.29, 1.82) is 0 Å². The lowest BCUT2D eigenvalue weighted by molar-refractivity contribution is -0.385. The Hall–Kier alpha value is -4.15.